The predicted molar refractivity (Wildman–Crippen MR) is 46.8 cm³/mol. The normalized spacial score (nSPS) is 8.69. The molecule has 0 radical (unpaired) electrons. The Labute approximate surface area is 76.7 Å². The van der Waals surface area contributed by atoms with Crippen molar-refractivity contribution in [2.24, 2.45) is 0 Å². The molecule has 3 heteroatoms. The largest absolute Gasteiger partial charge is 0.469 e. The van der Waals surface area contributed by atoms with Crippen LogP contribution in [0.5, 0.6) is 0 Å². The van der Waals surface area contributed by atoms with Crippen molar-refractivity contribution >= 4 is 5.97 Å². The number of ether oxygens (including phenoxy) is 1. The van der Waals surface area contributed by atoms with E-state index in [0.717, 1.165) is 12.2 Å². The Bertz CT molecular complexity index is 314. The smallest absolute Gasteiger partial charge is 0.384 e. The van der Waals surface area contributed by atoms with E-state index in [9.17, 15) is 4.79 Å². The van der Waals surface area contributed by atoms with Crippen molar-refractivity contribution in [1.82, 2.24) is 0 Å². The van der Waals surface area contributed by atoms with Gasteiger partial charge < -0.3 is 9.15 Å². The zero-order chi connectivity index (χ0) is 9.52. The minimum atomic E-state index is -0.501. The second-order valence-corrected chi connectivity index (χ2v) is 2.37. The van der Waals surface area contributed by atoms with Gasteiger partial charge in [-0.3, -0.25) is 0 Å². The van der Waals surface area contributed by atoms with Crippen LogP contribution in [0.4, 0.5) is 0 Å². The highest BCUT2D eigenvalue weighted by Gasteiger charge is 1.93. The summed E-state index contributed by atoms with van der Waals surface area (Å²) < 4.78 is 9.43. The van der Waals surface area contributed by atoms with Gasteiger partial charge in [-0.25, -0.2) is 4.79 Å². The van der Waals surface area contributed by atoms with Crippen LogP contribution in [-0.2, 0) is 16.0 Å². The van der Waals surface area contributed by atoms with Gasteiger partial charge in [-0.15, -0.1) is 0 Å². The van der Waals surface area contributed by atoms with Crippen LogP contribution >= 0.6 is 0 Å². The van der Waals surface area contributed by atoms with Crippen LogP contribution in [0.1, 0.15) is 12.2 Å². The molecule has 1 heterocycles. The molecule has 0 aliphatic heterocycles. The van der Waals surface area contributed by atoms with Gasteiger partial charge in [0.15, 0.2) is 0 Å². The van der Waals surface area contributed by atoms with Gasteiger partial charge in [0.2, 0.25) is 0 Å². The van der Waals surface area contributed by atoms with Gasteiger partial charge in [0.05, 0.1) is 13.4 Å². The lowest BCUT2D eigenvalue weighted by Gasteiger charge is -1.88. The zero-order valence-corrected chi connectivity index (χ0v) is 7.37. The molecule has 1 aromatic heterocycles. The van der Waals surface area contributed by atoms with Gasteiger partial charge in [-0.05, 0) is 12.1 Å². The third kappa shape index (κ3) is 3.48. The summed E-state index contributed by atoms with van der Waals surface area (Å²) in [6.07, 6.45) is 2.93. The summed E-state index contributed by atoms with van der Waals surface area (Å²) in [7, 11) is 1.31. The number of aryl methyl sites for hydroxylation is 1. The third-order valence-corrected chi connectivity index (χ3v) is 1.45. The van der Waals surface area contributed by atoms with Crippen molar-refractivity contribution in [3.05, 3.63) is 24.2 Å². The van der Waals surface area contributed by atoms with Gasteiger partial charge in [-0.2, -0.15) is 0 Å². The molecule has 13 heavy (non-hydrogen) atoms. The monoisotopic (exact) mass is 178 g/mol. The van der Waals surface area contributed by atoms with E-state index in [0.29, 0.717) is 6.42 Å². The molecule has 3 nitrogen and oxygen atoms in total. The van der Waals surface area contributed by atoms with Gasteiger partial charge >= 0.3 is 5.97 Å². The average molecular weight is 178 g/mol. The Balaban J connectivity index is 2.27. The van der Waals surface area contributed by atoms with Gasteiger partial charge in [0, 0.05) is 18.8 Å². The topological polar surface area (TPSA) is 39.4 Å². The molecule has 0 saturated carbocycles. The Morgan fingerprint density at radius 1 is 1.69 bits per heavy atom. The van der Waals surface area contributed by atoms with E-state index in [4.69, 9.17) is 4.42 Å². The van der Waals surface area contributed by atoms with E-state index >= 15 is 0 Å². The SMILES string of the molecule is COC(=O)C#CCCc1ccco1. The van der Waals surface area contributed by atoms with E-state index in [2.05, 4.69) is 16.6 Å². The van der Waals surface area contributed by atoms with Crippen LogP contribution in [0.25, 0.3) is 0 Å². The number of hydrogen-bond donors (Lipinski definition) is 0. The highest BCUT2D eigenvalue weighted by molar-refractivity contribution is 5.88. The van der Waals surface area contributed by atoms with Crippen LogP contribution in [0, 0.1) is 11.8 Å². The number of carbonyl (C=O) groups excluding carboxylic acids is 1. The quantitative estimate of drug-likeness (QED) is 0.390. The fourth-order valence-corrected chi connectivity index (χ4v) is 0.826. The van der Waals surface area contributed by atoms with Crippen LogP contribution < -0.4 is 0 Å². The lowest BCUT2D eigenvalue weighted by atomic mass is 10.2. The van der Waals surface area contributed by atoms with E-state index < -0.39 is 5.97 Å². The molecular weight excluding hydrogens is 168 g/mol. The second-order valence-electron chi connectivity index (χ2n) is 2.37. The maximum absolute atomic E-state index is 10.6. The molecule has 0 fully saturated rings. The zero-order valence-electron chi connectivity index (χ0n) is 7.37. The van der Waals surface area contributed by atoms with Crippen LogP contribution in [-0.4, -0.2) is 13.1 Å². The molecule has 0 spiro atoms. The predicted octanol–water partition coefficient (Wildman–Crippen LogP) is 1.39. The number of carbonyl (C=O) groups is 1. The Hall–Kier alpha value is -1.69. The molecule has 0 amide bonds. The average Bonchev–Trinajstić information content (AvgIpc) is 2.64. The second kappa shape index (κ2) is 5.04. The van der Waals surface area contributed by atoms with Crippen LogP contribution in [0.3, 0.4) is 0 Å². The molecule has 0 atom stereocenters. The van der Waals surface area contributed by atoms with Crippen molar-refractivity contribution in [1.29, 1.82) is 0 Å². The maximum Gasteiger partial charge on any atom is 0.384 e. The Morgan fingerprint density at radius 2 is 2.54 bits per heavy atom. The third-order valence-electron chi connectivity index (χ3n) is 1.45. The number of furan rings is 1. The summed E-state index contributed by atoms with van der Waals surface area (Å²) >= 11 is 0. The minimum Gasteiger partial charge on any atom is -0.469 e. The first-order valence-corrected chi connectivity index (χ1v) is 3.92. The first kappa shape index (κ1) is 9.40. The molecule has 0 aliphatic carbocycles. The lowest BCUT2D eigenvalue weighted by molar-refractivity contribution is -0.133. The van der Waals surface area contributed by atoms with Gasteiger partial charge in [0.1, 0.15) is 5.76 Å². The minimum absolute atomic E-state index is 0.501. The fraction of sp³-hybridized carbons (Fsp3) is 0.300. The van der Waals surface area contributed by atoms with E-state index in [1.54, 1.807) is 6.26 Å². The highest BCUT2D eigenvalue weighted by atomic mass is 16.5. The molecule has 1 rings (SSSR count). The van der Waals surface area contributed by atoms with Crippen LogP contribution in [0.2, 0.25) is 0 Å². The van der Waals surface area contributed by atoms with Crippen molar-refractivity contribution < 1.29 is 13.9 Å². The van der Waals surface area contributed by atoms with E-state index in [1.807, 2.05) is 12.1 Å². The van der Waals surface area contributed by atoms with Crippen LogP contribution in [0.15, 0.2) is 22.8 Å². The van der Waals surface area contributed by atoms with Crippen molar-refractivity contribution in [3.63, 3.8) is 0 Å². The molecule has 1 aromatic rings. The summed E-state index contributed by atoms with van der Waals surface area (Å²) in [6.45, 7) is 0. The lowest BCUT2D eigenvalue weighted by Crippen LogP contribution is -1.94. The van der Waals surface area contributed by atoms with Crippen molar-refractivity contribution in [3.8, 4) is 11.8 Å². The molecule has 0 unspecified atom stereocenters. The molecule has 0 saturated heterocycles. The number of rotatable bonds is 2. The summed E-state index contributed by atoms with van der Waals surface area (Å²) in [5, 5.41) is 0. The molecular formula is C10H10O3. The first-order chi connectivity index (χ1) is 6.33. The van der Waals surface area contributed by atoms with E-state index in [-0.39, 0.29) is 0 Å². The first-order valence-electron chi connectivity index (χ1n) is 3.92. The maximum atomic E-state index is 10.6. The Kier molecular flexibility index (Phi) is 3.65. The molecule has 68 valence electrons. The number of esters is 1. The Morgan fingerprint density at radius 3 is 3.15 bits per heavy atom. The van der Waals surface area contributed by atoms with Gasteiger partial charge in [0.25, 0.3) is 0 Å². The molecule has 0 bridgehead atoms. The number of methoxy groups -OCH3 is 1. The summed E-state index contributed by atoms with van der Waals surface area (Å²) in [4.78, 5) is 10.6. The molecule has 0 aliphatic rings. The highest BCUT2D eigenvalue weighted by Crippen LogP contribution is 2.02. The number of hydrogen-bond acceptors (Lipinski definition) is 3. The summed E-state index contributed by atoms with van der Waals surface area (Å²) in [6, 6.07) is 3.70. The summed E-state index contributed by atoms with van der Waals surface area (Å²) in [5.74, 6) is 5.41. The van der Waals surface area contributed by atoms with E-state index in [1.165, 1.54) is 7.11 Å². The standard InChI is InChI=1S/C10H10O3/c1-12-10(11)7-3-2-5-9-6-4-8-13-9/h4,6,8H,2,5H2,1H3. The molecule has 0 N–H and O–H groups in total. The van der Waals surface area contributed by atoms with Gasteiger partial charge in [-0.1, -0.05) is 5.92 Å². The molecule has 0 aromatic carbocycles. The fourth-order valence-electron chi connectivity index (χ4n) is 0.826. The van der Waals surface area contributed by atoms with Crippen molar-refractivity contribution in [2.45, 2.75) is 12.8 Å². The summed E-state index contributed by atoms with van der Waals surface area (Å²) in [5.41, 5.74) is 0. The van der Waals surface area contributed by atoms with Crippen molar-refractivity contribution in [2.75, 3.05) is 7.11 Å².